The zero-order valence-corrected chi connectivity index (χ0v) is 17.6. The lowest BCUT2D eigenvalue weighted by molar-refractivity contribution is -0.140. The molecule has 0 fully saturated rings. The van der Waals surface area contributed by atoms with Crippen LogP contribution in [-0.4, -0.2) is 40.5 Å². The Balaban J connectivity index is 2.28. The maximum absolute atomic E-state index is 12.9. The van der Waals surface area contributed by atoms with Crippen LogP contribution >= 0.6 is 0 Å². The van der Waals surface area contributed by atoms with Gasteiger partial charge in [-0.3, -0.25) is 19.2 Å². The van der Waals surface area contributed by atoms with Crippen molar-refractivity contribution in [2.75, 3.05) is 6.67 Å². The number of halogens is 1. The van der Waals surface area contributed by atoms with Crippen LogP contribution in [0.15, 0.2) is 41.3 Å². The Morgan fingerprint density at radius 1 is 1.16 bits per heavy atom. The predicted molar refractivity (Wildman–Crippen MR) is 114 cm³/mol. The maximum atomic E-state index is 12.9. The lowest BCUT2D eigenvalue weighted by Gasteiger charge is -2.21. The fourth-order valence-electron chi connectivity index (χ4n) is 3.59. The van der Waals surface area contributed by atoms with Gasteiger partial charge in [-0.25, -0.2) is 4.39 Å². The summed E-state index contributed by atoms with van der Waals surface area (Å²) in [6.45, 7) is 2.09. The molecule has 0 bridgehead atoms. The number of hydrogen-bond acceptors (Lipinski definition) is 4. The van der Waals surface area contributed by atoms with Crippen molar-refractivity contribution in [2.45, 2.75) is 51.5 Å². The van der Waals surface area contributed by atoms with E-state index in [1.54, 1.807) is 20.0 Å². The minimum Gasteiger partial charge on any atom is -0.481 e. The van der Waals surface area contributed by atoms with Gasteiger partial charge in [0, 0.05) is 11.8 Å². The monoisotopic (exact) mass is 430 g/mol. The number of carboxylic acids is 1. The molecule has 2 unspecified atom stereocenters. The van der Waals surface area contributed by atoms with Crippen LogP contribution in [0, 0.1) is 6.92 Å². The van der Waals surface area contributed by atoms with Gasteiger partial charge in [-0.05, 0) is 42.9 Å². The van der Waals surface area contributed by atoms with Crippen molar-refractivity contribution in [1.29, 1.82) is 0 Å². The van der Waals surface area contributed by atoms with Crippen LogP contribution in [0.3, 0.4) is 0 Å². The molecule has 1 aromatic heterocycles. The van der Waals surface area contributed by atoms with Crippen molar-refractivity contribution >= 4 is 17.7 Å². The number of nitrogens with one attached hydrogen (secondary N) is 2. The van der Waals surface area contributed by atoms with Gasteiger partial charge < -0.3 is 15.4 Å². The smallest absolute Gasteiger partial charge is 0.305 e. The van der Waals surface area contributed by atoms with E-state index in [9.17, 15) is 23.6 Å². The van der Waals surface area contributed by atoms with Crippen molar-refractivity contribution in [3.05, 3.63) is 69.1 Å². The number of carbonyl (C=O) groups is 3. The molecule has 2 rings (SSSR count). The Labute approximate surface area is 179 Å². The van der Waals surface area contributed by atoms with Gasteiger partial charge in [0.1, 0.15) is 12.7 Å². The lowest BCUT2D eigenvalue weighted by Crippen LogP contribution is -2.45. The third kappa shape index (κ3) is 6.34. The van der Waals surface area contributed by atoms with Crippen molar-refractivity contribution in [3.63, 3.8) is 0 Å². The first kappa shape index (κ1) is 24.0. The molecule has 3 N–H and O–H groups in total. The van der Waals surface area contributed by atoms with E-state index in [-0.39, 0.29) is 12.0 Å². The van der Waals surface area contributed by atoms with E-state index in [0.29, 0.717) is 12.0 Å². The van der Waals surface area contributed by atoms with Crippen LogP contribution < -0.4 is 10.9 Å². The first-order valence-electron chi connectivity index (χ1n) is 10.1. The Hall–Kier alpha value is -3.29. The zero-order valence-electron chi connectivity index (χ0n) is 17.6. The summed E-state index contributed by atoms with van der Waals surface area (Å²) in [4.78, 5) is 50.8. The summed E-state index contributed by atoms with van der Waals surface area (Å²) in [5, 5.41) is 11.3. The van der Waals surface area contributed by atoms with Gasteiger partial charge in [0.15, 0.2) is 5.78 Å². The lowest BCUT2D eigenvalue weighted by atomic mass is 9.89. The van der Waals surface area contributed by atoms with Crippen LogP contribution in [0.2, 0.25) is 0 Å². The SMILES string of the molecule is CCC(C(=O)NC(CC(=O)O)C(=O)CF)c1c(C)c(CCc2ccccc2)c[nH]c1=O. The maximum Gasteiger partial charge on any atom is 0.305 e. The molecule has 2 aromatic rings. The molecule has 0 aliphatic carbocycles. The highest BCUT2D eigenvalue weighted by Crippen LogP contribution is 2.23. The van der Waals surface area contributed by atoms with Gasteiger partial charge in [-0.2, -0.15) is 0 Å². The largest absolute Gasteiger partial charge is 0.481 e. The number of H-pyrrole nitrogens is 1. The Kier molecular flexibility index (Phi) is 8.66. The van der Waals surface area contributed by atoms with Crippen molar-refractivity contribution in [2.24, 2.45) is 0 Å². The molecule has 2 atom stereocenters. The molecule has 1 aromatic carbocycles. The van der Waals surface area contributed by atoms with Gasteiger partial charge in [0.05, 0.1) is 12.3 Å². The van der Waals surface area contributed by atoms with E-state index in [2.05, 4.69) is 10.3 Å². The number of benzene rings is 1. The van der Waals surface area contributed by atoms with Crippen LogP contribution in [0.25, 0.3) is 0 Å². The topological polar surface area (TPSA) is 116 Å². The predicted octanol–water partition coefficient (Wildman–Crippen LogP) is 2.46. The molecule has 7 nitrogen and oxygen atoms in total. The first-order chi connectivity index (χ1) is 14.8. The molecule has 0 saturated carbocycles. The number of amides is 1. The molecule has 0 saturated heterocycles. The highest BCUT2D eigenvalue weighted by atomic mass is 19.1. The molecule has 0 aliphatic heterocycles. The van der Waals surface area contributed by atoms with Gasteiger partial charge >= 0.3 is 5.97 Å². The number of carboxylic acid groups (broad SMARTS) is 1. The number of hydrogen-bond donors (Lipinski definition) is 3. The second-order valence-electron chi connectivity index (χ2n) is 7.39. The summed E-state index contributed by atoms with van der Waals surface area (Å²) in [7, 11) is 0. The average molecular weight is 430 g/mol. The third-order valence-electron chi connectivity index (χ3n) is 5.32. The fraction of sp³-hybridized carbons (Fsp3) is 0.391. The van der Waals surface area contributed by atoms with E-state index >= 15 is 0 Å². The van der Waals surface area contributed by atoms with Crippen LogP contribution in [0.1, 0.15) is 47.9 Å². The molecule has 31 heavy (non-hydrogen) atoms. The molecule has 0 aliphatic rings. The summed E-state index contributed by atoms with van der Waals surface area (Å²) in [6, 6.07) is 8.37. The number of aliphatic carboxylic acids is 1. The fourth-order valence-corrected chi connectivity index (χ4v) is 3.59. The second-order valence-corrected chi connectivity index (χ2v) is 7.39. The van der Waals surface area contributed by atoms with Crippen LogP contribution in [0.5, 0.6) is 0 Å². The minimum absolute atomic E-state index is 0.251. The van der Waals surface area contributed by atoms with Gasteiger partial charge in [-0.15, -0.1) is 0 Å². The number of Topliss-reactive ketones (excluding diaryl/α,β-unsaturated/α-hetero) is 1. The summed E-state index contributed by atoms with van der Waals surface area (Å²) in [6.07, 6.45) is 2.56. The number of aromatic amines is 1. The van der Waals surface area contributed by atoms with E-state index in [0.717, 1.165) is 17.5 Å². The molecular weight excluding hydrogens is 403 g/mol. The first-order valence-corrected chi connectivity index (χ1v) is 10.1. The number of aryl methyl sites for hydroxylation is 2. The summed E-state index contributed by atoms with van der Waals surface area (Å²) < 4.78 is 12.8. The quantitative estimate of drug-likeness (QED) is 0.506. The standard InChI is InChI=1S/C23H27FN2O5/c1-3-17(22(30)26-18(11-20(28)29)19(27)12-24)21-14(2)16(13-25-23(21)31)10-9-15-7-5-4-6-8-15/h4-8,13,17-18H,3,9-12H2,1-2H3,(H,25,31)(H,26,30)(H,28,29). The molecular formula is C23H27FN2O5. The van der Waals surface area contributed by atoms with E-state index in [1.807, 2.05) is 30.3 Å². The number of carbonyl (C=O) groups excluding carboxylic acids is 2. The normalized spacial score (nSPS) is 12.7. The minimum atomic E-state index is -1.48. The Morgan fingerprint density at radius 3 is 2.42 bits per heavy atom. The van der Waals surface area contributed by atoms with Gasteiger partial charge in [-0.1, -0.05) is 37.3 Å². The highest BCUT2D eigenvalue weighted by Gasteiger charge is 2.30. The number of pyridine rings is 1. The van der Waals surface area contributed by atoms with Crippen LogP contribution in [0.4, 0.5) is 4.39 Å². The molecule has 0 radical (unpaired) electrons. The Bertz CT molecular complexity index is 987. The van der Waals surface area contributed by atoms with E-state index < -0.39 is 48.3 Å². The van der Waals surface area contributed by atoms with Crippen molar-refractivity contribution < 1.29 is 23.9 Å². The second kappa shape index (κ2) is 11.2. The molecule has 166 valence electrons. The highest BCUT2D eigenvalue weighted by molar-refractivity contribution is 5.94. The third-order valence-corrected chi connectivity index (χ3v) is 5.32. The summed E-state index contributed by atoms with van der Waals surface area (Å²) >= 11 is 0. The van der Waals surface area contributed by atoms with E-state index in [1.165, 1.54) is 0 Å². The molecule has 0 spiro atoms. The number of rotatable bonds is 11. The number of aromatic nitrogens is 1. The van der Waals surface area contributed by atoms with Crippen LogP contribution in [-0.2, 0) is 27.2 Å². The van der Waals surface area contributed by atoms with Crippen molar-refractivity contribution in [1.82, 2.24) is 10.3 Å². The van der Waals surface area contributed by atoms with Gasteiger partial charge in [0.2, 0.25) is 5.91 Å². The summed E-state index contributed by atoms with van der Waals surface area (Å²) in [5.41, 5.74) is 2.54. The molecule has 8 heteroatoms. The molecule has 1 heterocycles. The average Bonchev–Trinajstić information content (AvgIpc) is 2.75. The van der Waals surface area contributed by atoms with Crippen molar-refractivity contribution in [3.8, 4) is 0 Å². The Morgan fingerprint density at radius 2 is 1.84 bits per heavy atom. The number of alkyl halides is 1. The number of ketones is 1. The zero-order chi connectivity index (χ0) is 23.0. The van der Waals surface area contributed by atoms with E-state index in [4.69, 9.17) is 5.11 Å². The molecule has 1 amide bonds. The summed E-state index contributed by atoms with van der Waals surface area (Å²) in [5.74, 6) is -3.93. The van der Waals surface area contributed by atoms with Gasteiger partial charge in [0.25, 0.3) is 5.56 Å².